The quantitative estimate of drug-likeness (QED) is 0.316. The fraction of sp³-hybridized carbons (Fsp3) is 0. The Morgan fingerprint density at radius 1 is 1.44 bits per heavy atom. The van der Waals surface area contributed by atoms with Gasteiger partial charge in [0.05, 0.1) is 0 Å². The number of rotatable bonds is 1. The van der Waals surface area contributed by atoms with E-state index in [1.165, 1.54) is 12.7 Å². The van der Waals surface area contributed by atoms with Crippen LogP contribution in [0.5, 0.6) is 0 Å². The minimum atomic E-state index is 0.340. The maximum atomic E-state index is 7.99. The summed E-state index contributed by atoms with van der Waals surface area (Å²) in [4.78, 5) is 10.8. The van der Waals surface area contributed by atoms with E-state index in [2.05, 4.69) is 20.1 Å². The van der Waals surface area contributed by atoms with Crippen molar-refractivity contribution in [3.8, 4) is 0 Å². The van der Waals surface area contributed by atoms with Crippen molar-refractivity contribution in [2.24, 2.45) is 5.16 Å². The molecule has 0 aliphatic heterocycles. The highest BCUT2D eigenvalue weighted by molar-refractivity contribution is 5.73. The molecule has 46 valence electrons. The van der Waals surface area contributed by atoms with Crippen LogP contribution in [0.3, 0.4) is 0 Å². The van der Waals surface area contributed by atoms with Crippen molar-refractivity contribution in [2.75, 3.05) is 0 Å². The Hall–Kier alpha value is -1.52. The smallest absolute Gasteiger partial charge is 0.177 e. The van der Waals surface area contributed by atoms with E-state index >= 15 is 0 Å². The van der Waals surface area contributed by atoms with Crippen LogP contribution in [0, 0.1) is 0 Å². The molecule has 5 nitrogen and oxygen atoms in total. The van der Waals surface area contributed by atoms with E-state index in [4.69, 9.17) is 5.21 Å². The molecule has 1 heterocycles. The van der Waals surface area contributed by atoms with Crippen molar-refractivity contribution in [2.45, 2.75) is 0 Å². The topological polar surface area (TPSA) is 71.3 Å². The predicted molar refractivity (Wildman–Crippen MR) is 29.2 cm³/mol. The average Bonchev–Trinajstić information content (AvgIpc) is 1.91. The predicted octanol–water partition coefficient (Wildman–Crippen LogP) is -0.320. The maximum absolute atomic E-state index is 7.99. The lowest BCUT2D eigenvalue weighted by Gasteiger charge is -1.83. The van der Waals surface area contributed by atoms with E-state index in [1.807, 2.05) is 0 Å². The summed E-state index contributed by atoms with van der Waals surface area (Å²) in [6.07, 6.45) is 3.77. The second kappa shape index (κ2) is 2.71. The molecule has 9 heavy (non-hydrogen) atoms. The van der Waals surface area contributed by atoms with E-state index in [-0.39, 0.29) is 0 Å². The fourth-order valence-electron chi connectivity index (χ4n) is 0.366. The zero-order valence-corrected chi connectivity index (χ0v) is 4.47. The normalized spacial score (nSPS) is 10.2. The van der Waals surface area contributed by atoms with Gasteiger partial charge in [-0.15, -0.1) is 0 Å². The van der Waals surface area contributed by atoms with Crippen molar-refractivity contribution < 1.29 is 5.21 Å². The van der Waals surface area contributed by atoms with Crippen LogP contribution in [-0.2, 0) is 0 Å². The highest BCUT2D eigenvalue weighted by atomic mass is 16.4. The lowest BCUT2D eigenvalue weighted by atomic mass is 10.7. The van der Waals surface area contributed by atoms with Gasteiger partial charge in [-0.25, -0.2) is 15.0 Å². The van der Waals surface area contributed by atoms with Crippen LogP contribution < -0.4 is 0 Å². The lowest BCUT2D eigenvalue weighted by molar-refractivity contribution is 0.321. The van der Waals surface area contributed by atoms with Crippen LogP contribution in [0.15, 0.2) is 17.8 Å². The van der Waals surface area contributed by atoms with Crippen LogP contribution in [-0.4, -0.2) is 26.4 Å². The first kappa shape index (κ1) is 5.61. The Kier molecular flexibility index (Phi) is 1.69. The van der Waals surface area contributed by atoms with Gasteiger partial charge in [-0.3, -0.25) is 0 Å². The Morgan fingerprint density at radius 3 is 2.67 bits per heavy atom. The molecule has 0 fully saturated rings. The summed E-state index contributed by atoms with van der Waals surface area (Å²) < 4.78 is 0. The van der Waals surface area contributed by atoms with Crippen LogP contribution >= 0.6 is 0 Å². The number of oxime groups is 1. The number of aromatic nitrogens is 3. The van der Waals surface area contributed by atoms with Crippen LogP contribution in [0.2, 0.25) is 0 Å². The van der Waals surface area contributed by atoms with Crippen LogP contribution in [0.1, 0.15) is 5.82 Å². The fourth-order valence-corrected chi connectivity index (χ4v) is 0.366. The summed E-state index contributed by atoms with van der Waals surface area (Å²) in [5.74, 6) is 0.340. The molecular formula is C4H4N4O. The first-order valence-electron chi connectivity index (χ1n) is 2.23. The van der Waals surface area contributed by atoms with Gasteiger partial charge < -0.3 is 5.21 Å². The second-order valence-electron chi connectivity index (χ2n) is 1.24. The maximum Gasteiger partial charge on any atom is 0.177 e. The zero-order chi connectivity index (χ0) is 6.53. The largest absolute Gasteiger partial charge is 0.411 e. The molecule has 1 rings (SSSR count). The molecule has 0 bridgehead atoms. The molecule has 0 unspecified atom stereocenters. The molecule has 0 saturated carbocycles. The van der Waals surface area contributed by atoms with Crippen molar-refractivity contribution >= 4 is 6.21 Å². The third-order valence-corrected chi connectivity index (χ3v) is 0.687. The zero-order valence-electron chi connectivity index (χ0n) is 4.47. The Labute approximate surface area is 51.1 Å². The van der Waals surface area contributed by atoms with Crippen molar-refractivity contribution in [1.29, 1.82) is 0 Å². The van der Waals surface area contributed by atoms with Gasteiger partial charge in [0.15, 0.2) is 5.82 Å². The lowest BCUT2D eigenvalue weighted by Crippen LogP contribution is -1.91. The SMILES string of the molecule is ON=Cc1ncncn1. The van der Waals surface area contributed by atoms with Crippen LogP contribution in [0.25, 0.3) is 0 Å². The van der Waals surface area contributed by atoms with E-state index in [0.29, 0.717) is 5.82 Å². The highest BCUT2D eigenvalue weighted by Gasteiger charge is 1.84. The molecule has 0 aliphatic carbocycles. The molecular weight excluding hydrogens is 120 g/mol. The van der Waals surface area contributed by atoms with E-state index in [0.717, 1.165) is 6.21 Å². The Bertz CT molecular complexity index is 197. The summed E-state index contributed by atoms with van der Waals surface area (Å²) in [5, 5.41) is 10.7. The van der Waals surface area contributed by atoms with Gasteiger partial charge >= 0.3 is 0 Å². The molecule has 0 spiro atoms. The van der Waals surface area contributed by atoms with E-state index in [1.54, 1.807) is 0 Å². The number of nitrogens with zero attached hydrogens (tertiary/aromatic N) is 4. The molecule has 1 aromatic heterocycles. The third-order valence-electron chi connectivity index (χ3n) is 0.687. The van der Waals surface area contributed by atoms with Crippen LogP contribution in [0.4, 0.5) is 0 Å². The summed E-state index contributed by atoms with van der Waals surface area (Å²) in [6, 6.07) is 0. The highest BCUT2D eigenvalue weighted by Crippen LogP contribution is 1.75. The van der Waals surface area contributed by atoms with Gasteiger partial charge in [0, 0.05) is 0 Å². The van der Waals surface area contributed by atoms with Gasteiger partial charge in [-0.05, 0) is 0 Å². The van der Waals surface area contributed by atoms with E-state index in [9.17, 15) is 0 Å². The van der Waals surface area contributed by atoms with Gasteiger partial charge in [-0.1, -0.05) is 5.16 Å². The Balaban J connectivity index is 2.85. The summed E-state index contributed by atoms with van der Waals surface area (Å²) >= 11 is 0. The Morgan fingerprint density at radius 2 is 2.11 bits per heavy atom. The minimum Gasteiger partial charge on any atom is -0.411 e. The molecule has 5 heteroatoms. The second-order valence-corrected chi connectivity index (χ2v) is 1.24. The summed E-state index contributed by atoms with van der Waals surface area (Å²) in [7, 11) is 0. The molecule has 0 atom stereocenters. The summed E-state index contributed by atoms with van der Waals surface area (Å²) in [5.41, 5.74) is 0. The monoisotopic (exact) mass is 124 g/mol. The van der Waals surface area contributed by atoms with Gasteiger partial charge in [-0.2, -0.15) is 0 Å². The standard InChI is InChI=1S/C4H4N4O/c9-8-1-4-6-2-5-3-7-4/h1-3,9H. The average molecular weight is 124 g/mol. The third kappa shape index (κ3) is 1.45. The van der Waals surface area contributed by atoms with E-state index < -0.39 is 0 Å². The molecule has 0 amide bonds. The summed E-state index contributed by atoms with van der Waals surface area (Å²) in [6.45, 7) is 0. The molecule has 1 aromatic rings. The first-order chi connectivity index (χ1) is 4.43. The van der Waals surface area contributed by atoms with Gasteiger partial charge in [0.25, 0.3) is 0 Å². The molecule has 1 N–H and O–H groups in total. The number of hydrogen-bond donors (Lipinski definition) is 1. The minimum absolute atomic E-state index is 0.340. The molecule has 0 aliphatic rings. The number of hydrogen-bond acceptors (Lipinski definition) is 5. The molecule has 0 aromatic carbocycles. The molecule has 0 radical (unpaired) electrons. The first-order valence-corrected chi connectivity index (χ1v) is 2.23. The van der Waals surface area contributed by atoms with Gasteiger partial charge in [0.1, 0.15) is 18.9 Å². The van der Waals surface area contributed by atoms with Crippen molar-refractivity contribution in [3.05, 3.63) is 18.5 Å². The molecule has 0 saturated heterocycles. The van der Waals surface area contributed by atoms with Gasteiger partial charge in [0.2, 0.25) is 0 Å². The van der Waals surface area contributed by atoms with Crippen molar-refractivity contribution in [1.82, 2.24) is 15.0 Å². The van der Waals surface area contributed by atoms with Crippen molar-refractivity contribution in [3.63, 3.8) is 0 Å².